The van der Waals surface area contributed by atoms with Crippen molar-refractivity contribution in [2.75, 3.05) is 5.32 Å². The van der Waals surface area contributed by atoms with Crippen LogP contribution in [0.1, 0.15) is 31.2 Å². The van der Waals surface area contributed by atoms with Gasteiger partial charge in [-0.05, 0) is 12.8 Å². The Labute approximate surface area is 128 Å². The third-order valence-corrected chi connectivity index (χ3v) is 2.96. The summed E-state index contributed by atoms with van der Waals surface area (Å²) in [5, 5.41) is 2.94. The first-order chi connectivity index (χ1) is 7.25. The molecule has 0 radical (unpaired) electrons. The van der Waals surface area contributed by atoms with Gasteiger partial charge in [-0.3, -0.25) is 4.79 Å². The van der Waals surface area contributed by atoms with Crippen molar-refractivity contribution in [2.24, 2.45) is 5.92 Å². The largest absolute Gasteiger partial charge is 2.00 e. The van der Waals surface area contributed by atoms with Crippen LogP contribution in [0.4, 0.5) is 5.69 Å². The predicted molar refractivity (Wildman–Crippen MR) is 67.0 cm³/mol. The fourth-order valence-corrected chi connectivity index (χ4v) is 2.01. The van der Waals surface area contributed by atoms with Crippen molar-refractivity contribution in [2.45, 2.75) is 32.6 Å². The fourth-order valence-electron chi connectivity index (χ4n) is 2.01. The monoisotopic (exact) mass is 455 g/mol. The van der Waals surface area contributed by atoms with Crippen LogP contribution in [0.2, 0.25) is 0 Å². The molecule has 0 aromatic heterocycles. The molecule has 1 amide bonds. The molecule has 1 saturated carbocycles. The van der Waals surface area contributed by atoms with E-state index >= 15 is 0 Å². The van der Waals surface area contributed by atoms with Crippen molar-refractivity contribution < 1.29 is 35.9 Å². The molecule has 2 nitrogen and oxygen atoms in total. The van der Waals surface area contributed by atoms with Crippen LogP contribution < -0.4 is 5.32 Å². The van der Waals surface area contributed by atoms with Crippen LogP contribution in [0, 0.1) is 57.4 Å². The van der Waals surface area contributed by atoms with Gasteiger partial charge in [-0.15, -0.1) is 6.07 Å². The number of aryl methyl sites for hydroxylation is 1. The zero-order chi connectivity index (χ0) is 10.7. The minimum atomic E-state index is 0. The van der Waals surface area contributed by atoms with E-state index in [0.29, 0.717) is 0 Å². The Morgan fingerprint density at radius 1 is 1.35 bits per heavy atom. The van der Waals surface area contributed by atoms with Crippen LogP contribution in [0.25, 0.3) is 0 Å². The summed E-state index contributed by atoms with van der Waals surface area (Å²) in [5.41, 5.74) is 1.95. The van der Waals surface area contributed by atoms with E-state index < -0.39 is 0 Å². The van der Waals surface area contributed by atoms with Gasteiger partial charge in [-0.1, -0.05) is 25.5 Å². The molecule has 90 valence electrons. The van der Waals surface area contributed by atoms with Gasteiger partial charge >= 0.3 is 31.1 Å². The van der Waals surface area contributed by atoms with Crippen LogP contribution in [0.5, 0.6) is 0 Å². The third-order valence-electron chi connectivity index (χ3n) is 2.96. The topological polar surface area (TPSA) is 29.1 Å². The minimum absolute atomic E-state index is 0. The first-order valence-corrected chi connectivity index (χ1v) is 5.55. The molecule has 0 heterocycles. The summed E-state index contributed by atoms with van der Waals surface area (Å²) in [6.45, 7) is 1.99. The van der Waals surface area contributed by atoms with E-state index in [-0.39, 0.29) is 50.4 Å². The number of nitrogens with one attached hydrogen (secondary N) is 1. The maximum Gasteiger partial charge on any atom is 2.00 e. The van der Waals surface area contributed by atoms with Gasteiger partial charge in [0, 0.05) is 5.92 Å². The van der Waals surface area contributed by atoms with Gasteiger partial charge in [-0.2, -0.15) is 23.8 Å². The zero-order valence-electron chi connectivity index (χ0n) is 10.5. The second-order valence-corrected chi connectivity index (χ2v) is 4.23. The number of carbonyl (C=O) groups excluding carboxylic acids is 1. The summed E-state index contributed by atoms with van der Waals surface area (Å²) in [4.78, 5) is 11.8. The second-order valence-electron chi connectivity index (χ2n) is 4.23. The fraction of sp³-hybridized carbons (Fsp3) is 0.429. The molecule has 3 heteroatoms. The van der Waals surface area contributed by atoms with E-state index in [2.05, 4.69) is 11.4 Å². The van der Waals surface area contributed by atoms with E-state index in [0.717, 1.165) is 24.1 Å². The number of carbonyl (C=O) groups is 1. The molecule has 1 aliphatic rings. The van der Waals surface area contributed by atoms with E-state index in [1.54, 1.807) is 0 Å². The summed E-state index contributed by atoms with van der Waals surface area (Å²) < 4.78 is 0. The number of hydrogen-bond donors (Lipinski definition) is 1. The summed E-state index contributed by atoms with van der Waals surface area (Å²) in [6.07, 6.45) is 4.47. The van der Waals surface area contributed by atoms with E-state index in [1.807, 2.05) is 25.1 Å². The Balaban J connectivity index is 0.00000128. The van der Waals surface area contributed by atoms with Crippen molar-refractivity contribution in [3.8, 4) is 0 Å². The van der Waals surface area contributed by atoms with Gasteiger partial charge in [0.2, 0.25) is 5.91 Å². The molecular weight excluding hydrogens is 436 g/mol. The molecule has 0 saturated heterocycles. The van der Waals surface area contributed by atoms with Crippen molar-refractivity contribution >= 4 is 11.6 Å². The van der Waals surface area contributed by atoms with Gasteiger partial charge in [0.1, 0.15) is 0 Å². The molecule has 0 aliphatic heterocycles. The van der Waals surface area contributed by atoms with Crippen molar-refractivity contribution in [3.63, 3.8) is 0 Å². The molecular formula is C14H19NOU. The first-order valence-electron chi connectivity index (χ1n) is 5.55. The van der Waals surface area contributed by atoms with Gasteiger partial charge in [-0.25, -0.2) is 0 Å². The quantitative estimate of drug-likeness (QED) is 0.681. The molecule has 2 rings (SSSR count). The smallest absolute Gasteiger partial charge is 0.379 e. The Hall–Kier alpha value is -0.258. The average Bonchev–Trinajstić information content (AvgIpc) is 2.74. The van der Waals surface area contributed by atoms with Gasteiger partial charge in [0.25, 0.3) is 0 Å². The van der Waals surface area contributed by atoms with Gasteiger partial charge < -0.3 is 12.7 Å². The molecule has 0 unspecified atom stereocenters. The molecule has 0 bridgehead atoms. The molecule has 0 atom stereocenters. The zero-order valence-corrected chi connectivity index (χ0v) is 14.7. The number of anilines is 1. The Morgan fingerprint density at radius 2 is 2.00 bits per heavy atom. The third kappa shape index (κ3) is 4.86. The molecule has 1 aromatic carbocycles. The normalized spacial score (nSPS) is 14.6. The van der Waals surface area contributed by atoms with Crippen LogP contribution in [-0.2, 0) is 4.79 Å². The molecule has 17 heavy (non-hydrogen) atoms. The summed E-state index contributed by atoms with van der Waals surface area (Å²) in [6, 6.07) is 8.81. The van der Waals surface area contributed by atoms with Crippen LogP contribution in [0.3, 0.4) is 0 Å². The second kappa shape index (κ2) is 7.95. The Morgan fingerprint density at radius 3 is 2.53 bits per heavy atom. The first kappa shape index (κ1) is 16.7. The summed E-state index contributed by atoms with van der Waals surface area (Å²) >= 11 is 0. The van der Waals surface area contributed by atoms with Gasteiger partial charge in [0.15, 0.2) is 0 Å². The molecule has 0 spiro atoms. The maximum atomic E-state index is 11.8. The SMILES string of the molecule is Cc1[c-]cc(NC(=O)C2CCCC2)cc1.[CH3-].[U+2]. The van der Waals surface area contributed by atoms with Crippen LogP contribution in [-0.4, -0.2) is 5.91 Å². The molecule has 1 fully saturated rings. The molecule has 1 aliphatic carbocycles. The van der Waals surface area contributed by atoms with E-state index in [4.69, 9.17) is 0 Å². The standard InChI is InChI=1S/C13H16NO.CH3.U/c1-10-6-8-12(9-7-10)14-13(15)11-4-2-3-5-11;;/h6,8-9,11H,2-5H2,1H3,(H,14,15);1H3;/q2*-1;+2. The molecule has 1 aromatic rings. The van der Waals surface area contributed by atoms with E-state index in [9.17, 15) is 4.79 Å². The Bertz CT molecular complexity index is 342. The van der Waals surface area contributed by atoms with Gasteiger partial charge in [0.05, 0.1) is 0 Å². The summed E-state index contributed by atoms with van der Waals surface area (Å²) in [5.74, 6) is 0.399. The number of hydrogen-bond acceptors (Lipinski definition) is 1. The van der Waals surface area contributed by atoms with Crippen LogP contribution in [0.15, 0.2) is 18.2 Å². The predicted octanol–water partition coefficient (Wildman–Crippen LogP) is 3.37. The molecule has 1 N–H and O–H groups in total. The maximum absolute atomic E-state index is 11.8. The van der Waals surface area contributed by atoms with E-state index in [1.165, 1.54) is 12.8 Å². The number of amides is 1. The number of rotatable bonds is 2. The Kier molecular flexibility index (Phi) is 7.83. The average molecular weight is 455 g/mol. The van der Waals surface area contributed by atoms with Crippen molar-refractivity contribution in [3.05, 3.63) is 37.3 Å². The van der Waals surface area contributed by atoms with Crippen molar-refractivity contribution in [1.29, 1.82) is 0 Å². The number of benzene rings is 1. The summed E-state index contributed by atoms with van der Waals surface area (Å²) in [7, 11) is 0. The van der Waals surface area contributed by atoms with Crippen LogP contribution >= 0.6 is 0 Å². The van der Waals surface area contributed by atoms with Crippen molar-refractivity contribution in [1.82, 2.24) is 0 Å². The minimum Gasteiger partial charge on any atom is -0.379 e.